The lowest BCUT2D eigenvalue weighted by atomic mass is 10.1. The highest BCUT2D eigenvalue weighted by Crippen LogP contribution is 2.14. The van der Waals surface area contributed by atoms with E-state index in [1.807, 2.05) is 0 Å². The molecular weight excluding hydrogens is 312 g/mol. The van der Waals surface area contributed by atoms with E-state index in [0.717, 1.165) is 19.6 Å². The molecule has 2 aromatic rings. The minimum absolute atomic E-state index is 0.0504. The van der Waals surface area contributed by atoms with Gasteiger partial charge < -0.3 is 20.0 Å². The summed E-state index contributed by atoms with van der Waals surface area (Å²) in [5.41, 5.74) is -0.154. The number of aromatic amines is 2. The van der Waals surface area contributed by atoms with Crippen molar-refractivity contribution >= 4 is 16.9 Å². The number of rotatable bonds is 4. The number of likely N-dealkylation sites (tertiary alicyclic amines) is 1. The molecule has 128 valence electrons. The first-order valence-corrected chi connectivity index (χ1v) is 7.84. The molecule has 0 aliphatic carbocycles. The number of benzene rings is 1. The van der Waals surface area contributed by atoms with Gasteiger partial charge in [-0.05, 0) is 24.7 Å². The zero-order valence-corrected chi connectivity index (χ0v) is 13.6. The zero-order valence-electron chi connectivity index (χ0n) is 13.6. The van der Waals surface area contributed by atoms with Crippen LogP contribution in [0.1, 0.15) is 17.3 Å². The standard InChI is InChI=1S/C16H20N4O4/c1-3-20-7-12(13(8-20)24-2)19-14(21)9-4-5-10-11(6-9)18-16(23)15(22)17-10/h4-6,12-13H,3,7-8H2,1-2H3,(H,17,22)(H,18,23)(H,19,21)/t12-,13-/m0/s1. The Balaban J connectivity index is 1.82. The van der Waals surface area contributed by atoms with E-state index in [-0.39, 0.29) is 18.1 Å². The van der Waals surface area contributed by atoms with Gasteiger partial charge in [0.2, 0.25) is 0 Å². The molecule has 8 nitrogen and oxygen atoms in total. The Morgan fingerprint density at radius 3 is 2.62 bits per heavy atom. The van der Waals surface area contributed by atoms with Crippen LogP contribution in [-0.2, 0) is 4.74 Å². The number of hydrogen-bond acceptors (Lipinski definition) is 5. The second-order valence-corrected chi connectivity index (χ2v) is 5.87. The Morgan fingerprint density at radius 1 is 1.25 bits per heavy atom. The van der Waals surface area contributed by atoms with Crippen molar-refractivity contribution in [3.8, 4) is 0 Å². The number of hydrogen-bond donors (Lipinski definition) is 3. The van der Waals surface area contributed by atoms with Crippen LogP contribution in [0.4, 0.5) is 0 Å². The third-order valence-electron chi connectivity index (χ3n) is 4.39. The molecule has 3 N–H and O–H groups in total. The smallest absolute Gasteiger partial charge is 0.314 e. The summed E-state index contributed by atoms with van der Waals surface area (Å²) in [6, 6.07) is 4.67. The predicted octanol–water partition coefficient (Wildman–Crippen LogP) is -0.335. The molecule has 1 fully saturated rings. The highest BCUT2D eigenvalue weighted by molar-refractivity contribution is 5.97. The number of nitrogens with one attached hydrogen (secondary N) is 3. The molecule has 0 saturated carbocycles. The molecule has 2 atom stereocenters. The molecule has 3 rings (SSSR count). The molecular formula is C16H20N4O4. The number of H-pyrrole nitrogens is 2. The van der Waals surface area contributed by atoms with Crippen molar-refractivity contribution in [2.75, 3.05) is 26.7 Å². The van der Waals surface area contributed by atoms with Crippen LogP contribution in [0.2, 0.25) is 0 Å². The zero-order chi connectivity index (χ0) is 17.3. The monoisotopic (exact) mass is 332 g/mol. The van der Waals surface area contributed by atoms with Crippen molar-refractivity contribution in [2.24, 2.45) is 0 Å². The molecule has 0 unspecified atom stereocenters. The van der Waals surface area contributed by atoms with Crippen molar-refractivity contribution in [2.45, 2.75) is 19.1 Å². The van der Waals surface area contributed by atoms with E-state index < -0.39 is 11.1 Å². The van der Waals surface area contributed by atoms with E-state index in [9.17, 15) is 14.4 Å². The van der Waals surface area contributed by atoms with Gasteiger partial charge in [-0.1, -0.05) is 6.92 Å². The van der Waals surface area contributed by atoms with Crippen molar-refractivity contribution in [3.05, 3.63) is 44.5 Å². The summed E-state index contributed by atoms with van der Waals surface area (Å²) >= 11 is 0. The molecule has 0 radical (unpaired) electrons. The Labute approximate surface area is 137 Å². The Bertz CT molecular complexity index is 872. The van der Waals surface area contributed by atoms with Gasteiger partial charge in [0, 0.05) is 25.8 Å². The number of fused-ring (bicyclic) bond motifs is 1. The van der Waals surface area contributed by atoms with E-state index in [0.29, 0.717) is 16.6 Å². The Kier molecular flexibility index (Phi) is 4.50. The van der Waals surface area contributed by atoms with Crippen molar-refractivity contribution < 1.29 is 9.53 Å². The summed E-state index contributed by atoms with van der Waals surface area (Å²) < 4.78 is 5.45. The average Bonchev–Trinajstić information content (AvgIpc) is 2.97. The summed E-state index contributed by atoms with van der Waals surface area (Å²) in [6.07, 6.45) is -0.0504. The lowest BCUT2D eigenvalue weighted by Crippen LogP contribution is -2.43. The van der Waals surface area contributed by atoms with E-state index >= 15 is 0 Å². The highest BCUT2D eigenvalue weighted by Gasteiger charge is 2.33. The summed E-state index contributed by atoms with van der Waals surface area (Å²) in [5.74, 6) is -0.242. The Hall–Kier alpha value is -2.45. The summed E-state index contributed by atoms with van der Waals surface area (Å²) in [4.78, 5) is 42.4. The van der Waals surface area contributed by atoms with Crippen LogP contribution in [-0.4, -0.2) is 59.7 Å². The van der Waals surface area contributed by atoms with Crippen LogP contribution in [0.5, 0.6) is 0 Å². The third kappa shape index (κ3) is 3.10. The number of ether oxygens (including phenoxy) is 1. The SMILES string of the molecule is CCN1C[C@H](NC(=O)c2ccc3[nH]c(=O)c(=O)[nH]c3c2)[C@@H](OC)C1. The molecule has 1 aromatic carbocycles. The third-order valence-corrected chi connectivity index (χ3v) is 4.39. The minimum Gasteiger partial charge on any atom is -0.378 e. The summed E-state index contributed by atoms with van der Waals surface area (Å²) in [7, 11) is 1.64. The molecule has 2 heterocycles. The van der Waals surface area contributed by atoms with Gasteiger partial charge in [0.25, 0.3) is 5.91 Å². The number of amides is 1. The van der Waals surface area contributed by atoms with Crippen LogP contribution in [0.3, 0.4) is 0 Å². The number of methoxy groups -OCH3 is 1. The van der Waals surface area contributed by atoms with Crippen LogP contribution < -0.4 is 16.4 Å². The average molecular weight is 332 g/mol. The topological polar surface area (TPSA) is 107 Å². The second-order valence-electron chi connectivity index (χ2n) is 5.87. The molecule has 1 amide bonds. The molecule has 0 bridgehead atoms. The van der Waals surface area contributed by atoms with Gasteiger partial charge in [0.15, 0.2) is 0 Å². The lowest BCUT2D eigenvalue weighted by molar-refractivity contribution is 0.0762. The molecule has 1 aliphatic rings. The maximum atomic E-state index is 12.5. The molecule has 1 aliphatic heterocycles. The number of nitrogens with zero attached hydrogens (tertiary/aromatic N) is 1. The molecule has 8 heteroatoms. The highest BCUT2D eigenvalue weighted by atomic mass is 16.5. The summed E-state index contributed by atoms with van der Waals surface area (Å²) in [6.45, 7) is 4.48. The largest absolute Gasteiger partial charge is 0.378 e. The number of likely N-dealkylation sites (N-methyl/N-ethyl adjacent to an activating group) is 1. The van der Waals surface area contributed by atoms with Crippen molar-refractivity contribution in [1.29, 1.82) is 0 Å². The first-order valence-electron chi connectivity index (χ1n) is 7.84. The quantitative estimate of drug-likeness (QED) is 0.664. The maximum absolute atomic E-state index is 12.5. The molecule has 1 saturated heterocycles. The normalized spacial score (nSPS) is 21.2. The number of carbonyl (C=O) groups is 1. The predicted molar refractivity (Wildman–Crippen MR) is 89.4 cm³/mol. The van der Waals surface area contributed by atoms with Gasteiger partial charge in [-0.15, -0.1) is 0 Å². The van der Waals surface area contributed by atoms with Gasteiger partial charge in [-0.3, -0.25) is 19.3 Å². The molecule has 0 spiro atoms. The number of carbonyl (C=O) groups excluding carboxylic acids is 1. The summed E-state index contributed by atoms with van der Waals surface area (Å²) in [5, 5.41) is 2.98. The van der Waals surface area contributed by atoms with E-state index in [2.05, 4.69) is 27.1 Å². The van der Waals surface area contributed by atoms with E-state index in [1.165, 1.54) is 0 Å². The van der Waals surface area contributed by atoms with Gasteiger partial charge >= 0.3 is 11.1 Å². The van der Waals surface area contributed by atoms with E-state index in [4.69, 9.17) is 4.74 Å². The van der Waals surface area contributed by atoms with Gasteiger partial charge in [-0.25, -0.2) is 0 Å². The van der Waals surface area contributed by atoms with Gasteiger partial charge in [0.1, 0.15) is 0 Å². The second kappa shape index (κ2) is 6.58. The fourth-order valence-corrected chi connectivity index (χ4v) is 3.00. The maximum Gasteiger partial charge on any atom is 0.314 e. The number of aromatic nitrogens is 2. The first kappa shape index (κ1) is 16.4. The van der Waals surface area contributed by atoms with Crippen molar-refractivity contribution in [1.82, 2.24) is 20.2 Å². The minimum atomic E-state index is -0.742. The van der Waals surface area contributed by atoms with Crippen molar-refractivity contribution in [3.63, 3.8) is 0 Å². The lowest BCUT2D eigenvalue weighted by Gasteiger charge is -2.18. The first-order chi connectivity index (χ1) is 11.5. The fourth-order valence-electron chi connectivity index (χ4n) is 3.00. The van der Waals surface area contributed by atoms with Crippen LogP contribution in [0.15, 0.2) is 27.8 Å². The van der Waals surface area contributed by atoms with Gasteiger partial charge in [0.05, 0.1) is 23.2 Å². The van der Waals surface area contributed by atoms with Gasteiger partial charge in [-0.2, -0.15) is 0 Å². The molecule has 1 aromatic heterocycles. The molecule has 24 heavy (non-hydrogen) atoms. The van der Waals surface area contributed by atoms with Crippen LogP contribution >= 0.6 is 0 Å². The van der Waals surface area contributed by atoms with Crippen LogP contribution in [0.25, 0.3) is 11.0 Å². The fraction of sp³-hybridized carbons (Fsp3) is 0.438. The van der Waals surface area contributed by atoms with E-state index in [1.54, 1.807) is 25.3 Å². The Morgan fingerprint density at radius 2 is 1.96 bits per heavy atom. The van der Waals surface area contributed by atoms with Crippen LogP contribution in [0, 0.1) is 0 Å².